The highest BCUT2D eigenvalue weighted by Crippen LogP contribution is 2.45. The molecule has 29 heavy (non-hydrogen) atoms. The minimum absolute atomic E-state index is 0.00491. The Bertz CT molecular complexity index is 837. The van der Waals surface area contributed by atoms with Crippen molar-refractivity contribution in [3.05, 3.63) is 57.4 Å². The van der Waals surface area contributed by atoms with Crippen molar-refractivity contribution >= 4 is 46.9 Å². The van der Waals surface area contributed by atoms with Crippen LogP contribution in [0.2, 0.25) is 5.02 Å². The van der Waals surface area contributed by atoms with Crippen molar-refractivity contribution in [1.29, 1.82) is 0 Å². The van der Waals surface area contributed by atoms with E-state index in [9.17, 15) is 9.59 Å². The summed E-state index contributed by atoms with van der Waals surface area (Å²) in [6, 6.07) is 6.95. The number of carbonyl (C=O) groups excluding carboxylic acids is 2. The summed E-state index contributed by atoms with van der Waals surface area (Å²) in [5, 5.41) is 0.387. The summed E-state index contributed by atoms with van der Waals surface area (Å²) in [7, 11) is 1.25. The molecular formula is C20H22Cl3NO5. The molecule has 1 aromatic rings. The maximum absolute atomic E-state index is 12.8. The second kappa shape index (κ2) is 10.9. The molecule has 0 aromatic heterocycles. The van der Waals surface area contributed by atoms with Gasteiger partial charge in [0, 0.05) is 28.4 Å². The van der Waals surface area contributed by atoms with Gasteiger partial charge in [-0.1, -0.05) is 29.8 Å². The summed E-state index contributed by atoms with van der Waals surface area (Å²) < 4.78 is 17.0. The predicted molar refractivity (Wildman–Crippen MR) is 112 cm³/mol. The monoisotopic (exact) mass is 461 g/mol. The fraction of sp³-hybridized carbons (Fsp3) is 0.400. The van der Waals surface area contributed by atoms with E-state index in [4.69, 9.17) is 49.2 Å². The summed E-state index contributed by atoms with van der Waals surface area (Å²) in [5.74, 6) is -1.80. The molecule has 0 saturated carbocycles. The first-order valence-corrected chi connectivity index (χ1v) is 10.2. The molecule has 1 atom stereocenters. The average Bonchev–Trinajstić information content (AvgIpc) is 2.71. The molecule has 6 nitrogen and oxygen atoms in total. The molecule has 0 fully saturated rings. The third kappa shape index (κ3) is 5.07. The van der Waals surface area contributed by atoms with Crippen molar-refractivity contribution in [3.63, 3.8) is 0 Å². The molecule has 0 aliphatic carbocycles. The van der Waals surface area contributed by atoms with Gasteiger partial charge in [0.25, 0.3) is 0 Å². The lowest BCUT2D eigenvalue weighted by molar-refractivity contribution is -0.139. The normalized spacial score (nSPS) is 16.9. The molecule has 158 valence electrons. The van der Waals surface area contributed by atoms with Crippen LogP contribution in [-0.4, -0.2) is 49.2 Å². The summed E-state index contributed by atoms with van der Waals surface area (Å²) in [5.41, 5.74) is 1.66. The fourth-order valence-corrected chi connectivity index (χ4v) is 3.72. The molecule has 1 heterocycles. The van der Waals surface area contributed by atoms with E-state index in [2.05, 4.69) is 0 Å². The Balaban J connectivity index is 2.75. The largest absolute Gasteiger partial charge is 0.466 e. The SMILES string of the molecule is CCOC(=O)C1=C(C)N(Cl)C(COCCCl)=C(C(=O)OC)C1c1ccccc1Cl. The molecule has 1 unspecified atom stereocenters. The van der Waals surface area contributed by atoms with E-state index in [0.717, 1.165) is 0 Å². The molecule has 0 saturated heterocycles. The van der Waals surface area contributed by atoms with Gasteiger partial charge in [0.1, 0.15) is 0 Å². The van der Waals surface area contributed by atoms with Gasteiger partial charge in [-0.2, -0.15) is 0 Å². The number of methoxy groups -OCH3 is 1. The number of ether oxygens (including phenoxy) is 3. The Labute approximate surface area is 185 Å². The Morgan fingerprint density at radius 3 is 2.45 bits per heavy atom. The fourth-order valence-electron chi connectivity index (χ4n) is 3.13. The van der Waals surface area contributed by atoms with E-state index in [-0.39, 0.29) is 36.8 Å². The van der Waals surface area contributed by atoms with Crippen molar-refractivity contribution in [2.45, 2.75) is 19.8 Å². The molecule has 0 spiro atoms. The lowest BCUT2D eigenvalue weighted by Crippen LogP contribution is -2.34. The van der Waals surface area contributed by atoms with Gasteiger partial charge in [-0.3, -0.25) is 4.42 Å². The second-order valence-electron chi connectivity index (χ2n) is 6.05. The van der Waals surface area contributed by atoms with E-state index in [1.165, 1.54) is 11.5 Å². The third-order valence-electron chi connectivity index (χ3n) is 4.39. The van der Waals surface area contributed by atoms with Crippen LogP contribution in [0.3, 0.4) is 0 Å². The molecule has 0 N–H and O–H groups in total. The van der Waals surface area contributed by atoms with Crippen molar-refractivity contribution in [2.75, 3.05) is 32.8 Å². The van der Waals surface area contributed by atoms with Crippen molar-refractivity contribution in [1.82, 2.24) is 4.42 Å². The number of nitrogens with zero attached hydrogens (tertiary/aromatic N) is 1. The van der Waals surface area contributed by atoms with Crippen molar-refractivity contribution in [2.24, 2.45) is 0 Å². The number of halogens is 3. The number of rotatable bonds is 8. The summed E-state index contributed by atoms with van der Waals surface area (Å²) >= 11 is 18.6. The van der Waals surface area contributed by atoms with Crippen molar-refractivity contribution in [3.8, 4) is 0 Å². The highest BCUT2D eigenvalue weighted by molar-refractivity contribution is 6.31. The highest BCUT2D eigenvalue weighted by atomic mass is 35.5. The second-order valence-corrected chi connectivity index (χ2v) is 7.17. The zero-order valence-corrected chi connectivity index (χ0v) is 18.6. The Hall–Kier alpha value is -1.73. The summed E-state index contributed by atoms with van der Waals surface area (Å²) in [4.78, 5) is 25.7. The Morgan fingerprint density at radius 2 is 1.86 bits per heavy atom. The predicted octanol–water partition coefficient (Wildman–Crippen LogP) is 4.41. The molecule has 0 amide bonds. The first-order chi connectivity index (χ1) is 13.9. The number of hydrogen-bond acceptors (Lipinski definition) is 6. The Kier molecular flexibility index (Phi) is 8.83. The molecule has 0 bridgehead atoms. The molecule has 2 rings (SSSR count). The topological polar surface area (TPSA) is 65.1 Å². The van der Waals surface area contributed by atoms with Gasteiger partial charge >= 0.3 is 11.9 Å². The third-order valence-corrected chi connectivity index (χ3v) is 5.34. The smallest absolute Gasteiger partial charge is 0.336 e. The molecule has 1 aromatic carbocycles. The first-order valence-electron chi connectivity index (χ1n) is 8.92. The van der Waals surface area contributed by atoms with Crippen LogP contribution in [0.15, 0.2) is 46.8 Å². The van der Waals surface area contributed by atoms with Gasteiger partial charge in [-0.05, 0) is 25.5 Å². The number of alkyl halides is 1. The van der Waals surface area contributed by atoms with Crippen molar-refractivity contribution < 1.29 is 23.8 Å². The van der Waals surface area contributed by atoms with Crippen LogP contribution in [0, 0.1) is 0 Å². The number of benzene rings is 1. The maximum Gasteiger partial charge on any atom is 0.336 e. The van der Waals surface area contributed by atoms with Crippen LogP contribution in [0.25, 0.3) is 0 Å². The summed E-state index contributed by atoms with van der Waals surface area (Å²) in [6.07, 6.45) is 0. The number of esters is 2. The summed E-state index contributed by atoms with van der Waals surface area (Å²) in [6.45, 7) is 3.78. The average molecular weight is 463 g/mol. The van der Waals surface area contributed by atoms with Crippen LogP contribution in [0.5, 0.6) is 0 Å². The highest BCUT2D eigenvalue weighted by Gasteiger charge is 2.42. The number of hydrogen-bond donors (Lipinski definition) is 0. The first kappa shape index (κ1) is 23.5. The maximum atomic E-state index is 12.8. The standard InChI is InChI=1S/C20H22Cl3NO5/c1-4-29-20(26)16-12(2)24(23)15(11-28-10-9-21)18(19(25)27-3)17(16)13-7-5-6-8-14(13)22/h5-8,17H,4,9-11H2,1-3H3. The van der Waals surface area contributed by atoms with E-state index in [1.54, 1.807) is 38.1 Å². The Morgan fingerprint density at radius 1 is 1.17 bits per heavy atom. The molecule has 1 aliphatic heterocycles. The number of allylic oxidation sites excluding steroid dienone is 1. The minimum atomic E-state index is -0.834. The van der Waals surface area contributed by atoms with E-state index < -0.39 is 17.9 Å². The van der Waals surface area contributed by atoms with Gasteiger partial charge in [-0.15, -0.1) is 11.6 Å². The van der Waals surface area contributed by atoms with Crippen LogP contribution in [-0.2, 0) is 23.8 Å². The molecule has 9 heteroatoms. The van der Waals surface area contributed by atoms with Gasteiger partial charge in [0.05, 0.1) is 49.7 Å². The van der Waals surface area contributed by atoms with Crippen LogP contribution >= 0.6 is 35.0 Å². The van der Waals surface area contributed by atoms with E-state index in [0.29, 0.717) is 22.0 Å². The lowest BCUT2D eigenvalue weighted by atomic mass is 9.80. The number of carbonyl (C=O) groups is 2. The van der Waals surface area contributed by atoms with Crippen LogP contribution in [0.4, 0.5) is 0 Å². The molecule has 0 radical (unpaired) electrons. The quantitative estimate of drug-likeness (QED) is 0.247. The molecule has 1 aliphatic rings. The zero-order valence-electron chi connectivity index (χ0n) is 16.3. The van der Waals surface area contributed by atoms with Crippen LogP contribution < -0.4 is 0 Å². The van der Waals surface area contributed by atoms with Gasteiger partial charge < -0.3 is 14.2 Å². The van der Waals surface area contributed by atoms with Crippen LogP contribution in [0.1, 0.15) is 25.3 Å². The van der Waals surface area contributed by atoms with Gasteiger partial charge in [-0.25, -0.2) is 9.59 Å². The molecular weight excluding hydrogens is 441 g/mol. The van der Waals surface area contributed by atoms with Gasteiger partial charge in [0.2, 0.25) is 0 Å². The minimum Gasteiger partial charge on any atom is -0.466 e. The van der Waals surface area contributed by atoms with E-state index in [1.807, 2.05) is 0 Å². The van der Waals surface area contributed by atoms with E-state index >= 15 is 0 Å². The zero-order chi connectivity index (χ0) is 21.6. The lowest BCUT2D eigenvalue weighted by Gasteiger charge is -2.35. The van der Waals surface area contributed by atoms with Gasteiger partial charge in [0.15, 0.2) is 0 Å².